The first kappa shape index (κ1) is 24.1. The number of piperidine rings is 1. The number of aromatic nitrogens is 4. The zero-order valence-electron chi connectivity index (χ0n) is 20.2. The maximum absolute atomic E-state index is 14.0. The van der Waals surface area contributed by atoms with E-state index in [-0.39, 0.29) is 17.2 Å². The van der Waals surface area contributed by atoms with Gasteiger partial charge in [0.05, 0.1) is 25.2 Å². The lowest BCUT2D eigenvalue weighted by Gasteiger charge is -2.30. The van der Waals surface area contributed by atoms with Crippen LogP contribution in [0.3, 0.4) is 0 Å². The topological polar surface area (TPSA) is 132 Å². The van der Waals surface area contributed by atoms with Crippen molar-refractivity contribution in [1.82, 2.24) is 24.8 Å². The third-order valence-corrected chi connectivity index (χ3v) is 6.37. The van der Waals surface area contributed by atoms with Gasteiger partial charge in [0.15, 0.2) is 0 Å². The summed E-state index contributed by atoms with van der Waals surface area (Å²) < 4.78 is 19.5. The zero-order valence-corrected chi connectivity index (χ0v) is 20.2. The Labute approximate surface area is 212 Å². The van der Waals surface area contributed by atoms with Crippen LogP contribution in [0.25, 0.3) is 10.9 Å². The Balaban J connectivity index is 1.32. The molecule has 0 unspecified atom stereocenters. The molecule has 3 N–H and O–H groups in total. The van der Waals surface area contributed by atoms with Gasteiger partial charge in [-0.05, 0) is 56.3 Å². The number of benzene rings is 1. The van der Waals surface area contributed by atoms with Crippen molar-refractivity contribution < 1.29 is 9.13 Å². The molecule has 1 aromatic carbocycles. The number of methoxy groups -OCH3 is 1. The number of likely N-dealkylation sites (tertiary alicyclic amines) is 1. The molecule has 5 rings (SSSR count). The molecule has 0 saturated carbocycles. The minimum Gasteiger partial charge on any atom is -0.480 e. The largest absolute Gasteiger partial charge is 0.480 e. The van der Waals surface area contributed by atoms with E-state index in [0.29, 0.717) is 35.2 Å². The molecule has 0 bridgehead atoms. The Morgan fingerprint density at radius 1 is 1.16 bits per heavy atom. The highest BCUT2D eigenvalue weighted by molar-refractivity contribution is 5.82. The summed E-state index contributed by atoms with van der Waals surface area (Å²) in [5.74, 6) is 0.896. The number of nitrogens with zero attached hydrogens (tertiary/aromatic N) is 5. The number of nitriles is 1. The SMILES string of the molecule is COc1nc(C2CCN(CC#N)CC2)ccc1Nc1nccc(Nc2cc3cccc(F)c3[nH]c2=O)n1. The van der Waals surface area contributed by atoms with Crippen molar-refractivity contribution in [1.29, 1.82) is 5.26 Å². The average Bonchev–Trinajstić information content (AvgIpc) is 2.91. The first-order chi connectivity index (χ1) is 18.0. The second kappa shape index (κ2) is 10.6. The number of halogens is 1. The van der Waals surface area contributed by atoms with Crippen LogP contribution in [0.2, 0.25) is 0 Å². The predicted molar refractivity (Wildman–Crippen MR) is 138 cm³/mol. The molecule has 0 atom stereocenters. The van der Waals surface area contributed by atoms with Crippen LogP contribution in [0.4, 0.5) is 27.5 Å². The third-order valence-electron chi connectivity index (χ3n) is 6.37. The maximum atomic E-state index is 14.0. The summed E-state index contributed by atoms with van der Waals surface area (Å²) in [5, 5.41) is 15.6. The summed E-state index contributed by atoms with van der Waals surface area (Å²) in [7, 11) is 1.56. The van der Waals surface area contributed by atoms with Gasteiger partial charge in [-0.1, -0.05) is 12.1 Å². The fourth-order valence-electron chi connectivity index (χ4n) is 4.45. The molecule has 4 heterocycles. The Morgan fingerprint density at radius 3 is 2.78 bits per heavy atom. The monoisotopic (exact) mass is 500 g/mol. The molecular formula is C26H25FN8O2. The van der Waals surface area contributed by atoms with E-state index in [1.54, 1.807) is 37.6 Å². The van der Waals surface area contributed by atoms with Crippen molar-refractivity contribution in [3.63, 3.8) is 0 Å². The average molecular weight is 501 g/mol. The van der Waals surface area contributed by atoms with Gasteiger partial charge in [-0.25, -0.2) is 14.4 Å². The van der Waals surface area contributed by atoms with Crippen LogP contribution >= 0.6 is 0 Å². The smallest absolute Gasteiger partial charge is 0.272 e. The highest BCUT2D eigenvalue weighted by atomic mass is 19.1. The van der Waals surface area contributed by atoms with Gasteiger partial charge in [-0.15, -0.1) is 0 Å². The van der Waals surface area contributed by atoms with Crippen LogP contribution in [0.15, 0.2) is 53.5 Å². The van der Waals surface area contributed by atoms with E-state index < -0.39 is 11.4 Å². The van der Waals surface area contributed by atoms with Crippen LogP contribution in [0.5, 0.6) is 5.88 Å². The van der Waals surface area contributed by atoms with Gasteiger partial charge >= 0.3 is 0 Å². The molecule has 1 aliphatic heterocycles. The minimum atomic E-state index is -0.493. The van der Waals surface area contributed by atoms with Gasteiger partial charge in [-0.3, -0.25) is 9.69 Å². The van der Waals surface area contributed by atoms with E-state index in [0.717, 1.165) is 31.6 Å². The van der Waals surface area contributed by atoms with Crippen LogP contribution in [-0.2, 0) is 0 Å². The lowest BCUT2D eigenvalue weighted by molar-refractivity contribution is 0.232. The van der Waals surface area contributed by atoms with Crippen molar-refractivity contribution in [2.24, 2.45) is 0 Å². The first-order valence-corrected chi connectivity index (χ1v) is 11.9. The number of hydrogen-bond donors (Lipinski definition) is 3. The number of H-pyrrole nitrogens is 1. The minimum absolute atomic E-state index is 0.152. The van der Waals surface area contributed by atoms with Gasteiger partial charge in [0.25, 0.3) is 5.56 Å². The standard InChI is InChI=1S/C26H25FN8O2/c1-37-25-20(6-5-19(31-25)16-8-12-35(13-9-16)14-10-28)32-26-29-11-7-22(33-26)30-21-15-17-3-2-4-18(27)23(17)34-24(21)36/h2-7,11,15-16H,8-9,12-14H2,1H3,(H,34,36)(H2,29,30,32,33). The van der Waals surface area contributed by atoms with Gasteiger partial charge in [0.1, 0.15) is 23.0 Å². The molecule has 3 aromatic heterocycles. The molecular weight excluding hydrogens is 475 g/mol. The lowest BCUT2D eigenvalue weighted by Crippen LogP contribution is -2.33. The zero-order chi connectivity index (χ0) is 25.8. The fraction of sp³-hybridized carbons (Fsp3) is 0.269. The Bertz CT molecular complexity index is 1530. The van der Waals surface area contributed by atoms with E-state index in [4.69, 9.17) is 15.0 Å². The molecule has 0 amide bonds. The number of aromatic amines is 1. The molecule has 10 nitrogen and oxygen atoms in total. The number of anilines is 4. The second-order valence-electron chi connectivity index (χ2n) is 8.73. The molecule has 4 aromatic rings. The highest BCUT2D eigenvalue weighted by Gasteiger charge is 2.22. The second-order valence-corrected chi connectivity index (χ2v) is 8.73. The van der Waals surface area contributed by atoms with Crippen molar-refractivity contribution in [3.8, 4) is 11.9 Å². The van der Waals surface area contributed by atoms with Gasteiger partial charge in [0, 0.05) is 23.2 Å². The van der Waals surface area contributed by atoms with Crippen LogP contribution in [0, 0.1) is 17.1 Å². The van der Waals surface area contributed by atoms with Crippen LogP contribution < -0.4 is 20.9 Å². The van der Waals surface area contributed by atoms with Crippen molar-refractivity contribution in [3.05, 3.63) is 70.5 Å². The van der Waals surface area contributed by atoms with E-state index in [1.165, 1.54) is 6.07 Å². The summed E-state index contributed by atoms with van der Waals surface area (Å²) >= 11 is 0. The number of para-hydroxylation sites is 1. The van der Waals surface area contributed by atoms with Gasteiger partial charge < -0.3 is 20.4 Å². The van der Waals surface area contributed by atoms with E-state index in [2.05, 4.69) is 36.6 Å². The summed E-state index contributed by atoms with van der Waals surface area (Å²) in [6.07, 6.45) is 3.42. The maximum Gasteiger partial charge on any atom is 0.272 e. The lowest BCUT2D eigenvalue weighted by atomic mass is 9.93. The molecule has 0 spiro atoms. The summed E-state index contributed by atoms with van der Waals surface area (Å²) in [4.78, 5) is 30.6. The number of rotatable bonds is 7. The van der Waals surface area contributed by atoms with Crippen molar-refractivity contribution in [2.45, 2.75) is 18.8 Å². The molecule has 0 aliphatic carbocycles. The van der Waals surface area contributed by atoms with Gasteiger partial charge in [-0.2, -0.15) is 10.2 Å². The number of ether oxygens (including phenoxy) is 1. The van der Waals surface area contributed by atoms with E-state index in [1.807, 2.05) is 12.1 Å². The van der Waals surface area contributed by atoms with Crippen LogP contribution in [-0.4, -0.2) is 51.6 Å². The molecule has 0 radical (unpaired) electrons. The van der Waals surface area contributed by atoms with Crippen molar-refractivity contribution >= 4 is 34.0 Å². The van der Waals surface area contributed by atoms with E-state index >= 15 is 0 Å². The number of hydrogen-bond acceptors (Lipinski definition) is 9. The van der Waals surface area contributed by atoms with Gasteiger partial charge in [0.2, 0.25) is 11.8 Å². The van der Waals surface area contributed by atoms with Crippen molar-refractivity contribution in [2.75, 3.05) is 37.4 Å². The molecule has 1 fully saturated rings. The molecule has 1 aliphatic rings. The fourth-order valence-corrected chi connectivity index (χ4v) is 4.45. The number of pyridine rings is 2. The number of nitrogens with one attached hydrogen (secondary N) is 3. The Kier molecular flexibility index (Phi) is 6.91. The summed E-state index contributed by atoms with van der Waals surface area (Å²) in [6.45, 7) is 2.18. The molecule has 188 valence electrons. The Hall–Kier alpha value is -4.56. The highest BCUT2D eigenvalue weighted by Crippen LogP contribution is 2.32. The Morgan fingerprint density at radius 2 is 2.00 bits per heavy atom. The molecule has 1 saturated heterocycles. The number of fused-ring (bicyclic) bond motifs is 1. The summed E-state index contributed by atoms with van der Waals surface area (Å²) in [6, 6.07) is 13.8. The molecule has 37 heavy (non-hydrogen) atoms. The third kappa shape index (κ3) is 5.34. The molecule has 11 heteroatoms. The normalized spacial score (nSPS) is 14.3. The first-order valence-electron chi connectivity index (χ1n) is 11.9. The summed E-state index contributed by atoms with van der Waals surface area (Å²) in [5.41, 5.74) is 1.46. The predicted octanol–water partition coefficient (Wildman–Crippen LogP) is 4.05. The van der Waals surface area contributed by atoms with E-state index in [9.17, 15) is 9.18 Å². The quantitative estimate of drug-likeness (QED) is 0.322. The van der Waals surface area contributed by atoms with Crippen LogP contribution in [0.1, 0.15) is 24.5 Å².